The molecule has 0 saturated heterocycles. The van der Waals surface area contributed by atoms with E-state index in [1.165, 1.54) is 0 Å². The van der Waals surface area contributed by atoms with Crippen LogP contribution in [-0.4, -0.2) is 15.2 Å². The van der Waals surface area contributed by atoms with E-state index in [0.717, 1.165) is 5.56 Å². The maximum absolute atomic E-state index is 11.3. The molecule has 0 amide bonds. The van der Waals surface area contributed by atoms with Gasteiger partial charge >= 0.3 is 5.69 Å². The zero-order chi connectivity index (χ0) is 11.4. The number of rotatable bonds is 2. The fourth-order valence-electron chi connectivity index (χ4n) is 1.21. The van der Waals surface area contributed by atoms with E-state index in [-0.39, 0.29) is 5.69 Å². The Morgan fingerprint density at radius 3 is 2.50 bits per heavy atom. The minimum absolute atomic E-state index is 0.170. The molecule has 5 heteroatoms. The van der Waals surface area contributed by atoms with Crippen LogP contribution in [0.2, 0.25) is 0 Å². The third-order valence-electron chi connectivity index (χ3n) is 1.97. The van der Waals surface area contributed by atoms with Gasteiger partial charge < -0.3 is 0 Å². The first-order valence-corrected chi connectivity index (χ1v) is 4.68. The van der Waals surface area contributed by atoms with Crippen LogP contribution >= 0.6 is 0 Å². The van der Waals surface area contributed by atoms with Crippen molar-refractivity contribution in [1.29, 1.82) is 0 Å². The van der Waals surface area contributed by atoms with Crippen molar-refractivity contribution in [2.45, 2.75) is 0 Å². The molecule has 5 nitrogen and oxygen atoms in total. The van der Waals surface area contributed by atoms with E-state index in [2.05, 4.69) is 15.2 Å². The number of nitrogens with zero attached hydrogens (tertiary/aromatic N) is 1. The molecule has 2 N–H and O–H groups in total. The average Bonchev–Trinajstić information content (AvgIpc) is 2.29. The SMILES string of the molecule is O=c1[nH]nc(/C=C/c2ccccc2)c(=O)[nH]1. The molecular formula is C11H9N3O2. The fourth-order valence-corrected chi connectivity index (χ4v) is 1.21. The highest BCUT2D eigenvalue weighted by atomic mass is 16.2. The Labute approximate surface area is 90.5 Å². The molecule has 0 aliphatic rings. The maximum Gasteiger partial charge on any atom is 0.342 e. The molecule has 2 rings (SSSR count). The van der Waals surface area contributed by atoms with Gasteiger partial charge in [0.1, 0.15) is 5.69 Å². The molecule has 16 heavy (non-hydrogen) atoms. The number of hydrogen-bond acceptors (Lipinski definition) is 3. The Hall–Kier alpha value is -2.43. The molecule has 0 spiro atoms. The van der Waals surface area contributed by atoms with Crippen LogP contribution in [0.25, 0.3) is 12.2 Å². The van der Waals surface area contributed by atoms with Crippen molar-refractivity contribution in [3.63, 3.8) is 0 Å². The van der Waals surface area contributed by atoms with Crippen LogP contribution in [0.15, 0.2) is 39.9 Å². The van der Waals surface area contributed by atoms with E-state index in [9.17, 15) is 9.59 Å². The Bertz CT molecular complexity index is 611. The van der Waals surface area contributed by atoms with Crippen LogP contribution < -0.4 is 11.2 Å². The van der Waals surface area contributed by atoms with Crippen molar-refractivity contribution >= 4 is 12.2 Å². The minimum atomic E-state index is -0.609. The second-order valence-electron chi connectivity index (χ2n) is 3.14. The van der Waals surface area contributed by atoms with E-state index in [4.69, 9.17) is 0 Å². The second-order valence-corrected chi connectivity index (χ2v) is 3.14. The maximum atomic E-state index is 11.3. The third-order valence-corrected chi connectivity index (χ3v) is 1.97. The van der Waals surface area contributed by atoms with Crippen molar-refractivity contribution < 1.29 is 0 Å². The lowest BCUT2D eigenvalue weighted by molar-refractivity contribution is 0.880. The van der Waals surface area contributed by atoms with E-state index >= 15 is 0 Å². The van der Waals surface area contributed by atoms with Crippen molar-refractivity contribution in [2.75, 3.05) is 0 Å². The molecule has 0 bridgehead atoms. The van der Waals surface area contributed by atoms with Gasteiger partial charge in [0.15, 0.2) is 0 Å². The summed E-state index contributed by atoms with van der Waals surface area (Å²) in [7, 11) is 0. The summed E-state index contributed by atoms with van der Waals surface area (Å²) in [5, 5.41) is 5.79. The van der Waals surface area contributed by atoms with Crippen LogP contribution in [0.1, 0.15) is 11.3 Å². The monoisotopic (exact) mass is 215 g/mol. The third kappa shape index (κ3) is 2.33. The lowest BCUT2D eigenvalue weighted by Crippen LogP contribution is -2.25. The fraction of sp³-hybridized carbons (Fsp3) is 0. The number of aromatic amines is 2. The predicted molar refractivity (Wildman–Crippen MR) is 60.8 cm³/mol. The average molecular weight is 215 g/mol. The van der Waals surface area contributed by atoms with Crippen molar-refractivity contribution in [3.8, 4) is 0 Å². The zero-order valence-electron chi connectivity index (χ0n) is 8.31. The molecule has 0 atom stereocenters. The summed E-state index contributed by atoms with van der Waals surface area (Å²) in [4.78, 5) is 24.1. The molecule has 2 aromatic rings. The smallest absolute Gasteiger partial charge is 0.271 e. The van der Waals surface area contributed by atoms with Gasteiger partial charge in [-0.15, -0.1) is 0 Å². The molecule has 0 fully saturated rings. The topological polar surface area (TPSA) is 78.6 Å². The van der Waals surface area contributed by atoms with Gasteiger partial charge in [0.2, 0.25) is 0 Å². The Kier molecular flexibility index (Phi) is 2.77. The van der Waals surface area contributed by atoms with Crippen LogP contribution in [0.5, 0.6) is 0 Å². The first kappa shape index (κ1) is 10.1. The van der Waals surface area contributed by atoms with Crippen LogP contribution in [0.4, 0.5) is 0 Å². The molecule has 0 aliphatic carbocycles. The molecule has 0 radical (unpaired) electrons. The van der Waals surface area contributed by atoms with Gasteiger partial charge in [-0.25, -0.2) is 9.89 Å². The van der Waals surface area contributed by atoms with Crippen LogP contribution in [0.3, 0.4) is 0 Å². The number of benzene rings is 1. The first-order chi connectivity index (χ1) is 7.75. The molecule has 1 aromatic carbocycles. The molecule has 80 valence electrons. The normalized spacial score (nSPS) is 10.8. The van der Waals surface area contributed by atoms with Gasteiger partial charge in [-0.1, -0.05) is 36.4 Å². The summed E-state index contributed by atoms with van der Waals surface area (Å²) in [6.07, 6.45) is 3.29. The van der Waals surface area contributed by atoms with Crippen LogP contribution in [-0.2, 0) is 0 Å². The highest BCUT2D eigenvalue weighted by molar-refractivity contribution is 5.67. The zero-order valence-corrected chi connectivity index (χ0v) is 8.31. The molecular weight excluding hydrogens is 206 g/mol. The van der Waals surface area contributed by atoms with Crippen molar-refractivity contribution in [3.05, 3.63) is 62.4 Å². The van der Waals surface area contributed by atoms with E-state index < -0.39 is 11.2 Å². The van der Waals surface area contributed by atoms with Gasteiger partial charge in [-0.2, -0.15) is 5.10 Å². The number of hydrogen-bond donors (Lipinski definition) is 2. The second kappa shape index (κ2) is 4.39. The van der Waals surface area contributed by atoms with Gasteiger partial charge in [-0.05, 0) is 11.6 Å². The minimum Gasteiger partial charge on any atom is -0.271 e. The van der Waals surface area contributed by atoms with E-state index in [0.29, 0.717) is 0 Å². The lowest BCUT2D eigenvalue weighted by Gasteiger charge is -1.91. The van der Waals surface area contributed by atoms with Crippen LogP contribution in [0, 0.1) is 0 Å². The standard InChI is InChI=1S/C11H9N3O2/c15-10-9(13-14-11(16)12-10)7-6-8-4-2-1-3-5-8/h1-7H,(H2,12,14,15,16)/b7-6+. The number of H-pyrrole nitrogens is 2. The summed E-state index contributed by atoms with van der Waals surface area (Å²) in [5.41, 5.74) is 0.0103. The molecule has 0 unspecified atom stereocenters. The van der Waals surface area contributed by atoms with E-state index in [1.807, 2.05) is 30.3 Å². The first-order valence-electron chi connectivity index (χ1n) is 4.68. The summed E-state index contributed by atoms with van der Waals surface area (Å²) in [5.74, 6) is 0. The lowest BCUT2D eigenvalue weighted by atomic mass is 10.2. The highest BCUT2D eigenvalue weighted by Gasteiger charge is 1.96. The largest absolute Gasteiger partial charge is 0.342 e. The molecule has 1 aromatic heterocycles. The van der Waals surface area contributed by atoms with Crippen molar-refractivity contribution in [1.82, 2.24) is 15.2 Å². The number of nitrogens with one attached hydrogen (secondary N) is 2. The Morgan fingerprint density at radius 1 is 1.06 bits per heavy atom. The number of aromatic nitrogens is 3. The van der Waals surface area contributed by atoms with Crippen molar-refractivity contribution in [2.24, 2.45) is 0 Å². The Morgan fingerprint density at radius 2 is 1.81 bits per heavy atom. The summed E-state index contributed by atoms with van der Waals surface area (Å²) < 4.78 is 0. The molecule has 0 saturated carbocycles. The predicted octanol–water partition coefficient (Wildman–Crippen LogP) is 0.629. The Balaban J connectivity index is 2.31. The quantitative estimate of drug-likeness (QED) is 0.771. The summed E-state index contributed by atoms with van der Waals surface area (Å²) in [6, 6.07) is 9.49. The summed E-state index contributed by atoms with van der Waals surface area (Å²) >= 11 is 0. The van der Waals surface area contributed by atoms with Gasteiger partial charge in [0.05, 0.1) is 0 Å². The van der Waals surface area contributed by atoms with Gasteiger partial charge in [0.25, 0.3) is 5.56 Å². The molecule has 0 aliphatic heterocycles. The van der Waals surface area contributed by atoms with Gasteiger partial charge in [0, 0.05) is 0 Å². The highest BCUT2D eigenvalue weighted by Crippen LogP contribution is 2.02. The van der Waals surface area contributed by atoms with E-state index in [1.54, 1.807) is 12.2 Å². The van der Waals surface area contributed by atoms with Gasteiger partial charge in [-0.3, -0.25) is 9.78 Å². The summed E-state index contributed by atoms with van der Waals surface area (Å²) in [6.45, 7) is 0. The molecule has 1 heterocycles.